The maximum Gasteiger partial charge on any atom is 0.338 e. The summed E-state index contributed by atoms with van der Waals surface area (Å²) in [4.78, 5) is 25.9. The van der Waals surface area contributed by atoms with Gasteiger partial charge >= 0.3 is 11.9 Å². The van der Waals surface area contributed by atoms with E-state index in [1.807, 2.05) is 26.8 Å². The number of aliphatic hydroxyl groups excluding tert-OH is 1. The minimum Gasteiger partial charge on any atom is -0.455 e. The predicted molar refractivity (Wildman–Crippen MR) is 132 cm³/mol. The summed E-state index contributed by atoms with van der Waals surface area (Å²) in [6, 6.07) is 8.72. The summed E-state index contributed by atoms with van der Waals surface area (Å²) in [5, 5.41) is 24.2. The number of carbonyl (C=O) groups excluding carboxylic acids is 2. The molecule has 1 heterocycles. The summed E-state index contributed by atoms with van der Waals surface area (Å²) >= 11 is 0. The number of hydrogen-bond acceptors (Lipinski definition) is 7. The van der Waals surface area contributed by atoms with E-state index in [0.29, 0.717) is 37.7 Å². The van der Waals surface area contributed by atoms with Crippen LogP contribution >= 0.6 is 0 Å². The Kier molecular flexibility index (Phi) is 5.93. The van der Waals surface area contributed by atoms with Crippen LogP contribution in [0.1, 0.15) is 77.1 Å². The summed E-state index contributed by atoms with van der Waals surface area (Å²) in [6.45, 7) is 9.63. The number of allylic oxidation sites excluding steroid dienone is 1. The van der Waals surface area contributed by atoms with Crippen molar-refractivity contribution in [3.05, 3.63) is 47.0 Å². The lowest BCUT2D eigenvalue weighted by atomic mass is 9.45. The fraction of sp³-hybridized carbons (Fsp3) is 0.655. The van der Waals surface area contributed by atoms with Crippen molar-refractivity contribution in [3.8, 4) is 0 Å². The molecule has 4 aliphatic rings. The smallest absolute Gasteiger partial charge is 0.338 e. The zero-order valence-corrected chi connectivity index (χ0v) is 21.9. The van der Waals surface area contributed by atoms with E-state index in [-0.39, 0.29) is 6.61 Å². The zero-order valence-electron chi connectivity index (χ0n) is 21.9. The molecule has 1 saturated heterocycles. The fourth-order valence-corrected chi connectivity index (χ4v) is 7.76. The molecule has 3 aliphatic carbocycles. The number of carbonyl (C=O) groups is 2. The largest absolute Gasteiger partial charge is 0.455 e. The van der Waals surface area contributed by atoms with Gasteiger partial charge in [0.05, 0.1) is 24.2 Å². The Morgan fingerprint density at radius 1 is 1.08 bits per heavy atom. The number of fused-ring (bicyclic) bond motifs is 5. The summed E-state index contributed by atoms with van der Waals surface area (Å²) in [5.41, 5.74) is -1.25. The van der Waals surface area contributed by atoms with Gasteiger partial charge in [-0.05, 0) is 44.7 Å². The Hall–Kier alpha value is -2.22. The van der Waals surface area contributed by atoms with Crippen LogP contribution in [0.15, 0.2) is 41.5 Å². The van der Waals surface area contributed by atoms with E-state index >= 15 is 0 Å². The van der Waals surface area contributed by atoms with Gasteiger partial charge in [-0.25, -0.2) is 4.79 Å². The SMILES string of the molecule is CC(=O)O[C@@]12CO[C@@H]1C[C@H](O)[C@@]1(C)CCC3=C(C)CC[C@@](O)([C@@H](OC(=O)c4ccccc4)C12)C3(C)C. The van der Waals surface area contributed by atoms with Gasteiger partial charge in [0.25, 0.3) is 0 Å². The molecule has 0 amide bonds. The van der Waals surface area contributed by atoms with Crippen LogP contribution in [0.2, 0.25) is 0 Å². The van der Waals surface area contributed by atoms with Gasteiger partial charge in [0, 0.05) is 24.2 Å². The molecule has 5 rings (SSSR count). The Morgan fingerprint density at radius 3 is 2.39 bits per heavy atom. The maximum absolute atomic E-state index is 13.5. The van der Waals surface area contributed by atoms with E-state index < -0.39 is 58.2 Å². The molecule has 0 radical (unpaired) electrons. The number of aliphatic hydroxyl groups is 2. The molecular formula is C29H38O7. The van der Waals surface area contributed by atoms with Crippen LogP contribution in [0.4, 0.5) is 0 Å². The van der Waals surface area contributed by atoms with Crippen LogP contribution in [0.5, 0.6) is 0 Å². The second-order valence-corrected chi connectivity index (χ2v) is 12.1. The average Bonchev–Trinajstić information content (AvgIpc) is 2.81. The van der Waals surface area contributed by atoms with Crippen molar-refractivity contribution < 1.29 is 34.0 Å². The van der Waals surface area contributed by atoms with Crippen LogP contribution in [-0.2, 0) is 19.0 Å². The Bertz CT molecular complexity index is 1090. The van der Waals surface area contributed by atoms with Gasteiger partial charge in [0.1, 0.15) is 17.8 Å². The van der Waals surface area contributed by atoms with Crippen molar-refractivity contribution in [2.75, 3.05) is 6.61 Å². The molecule has 1 aromatic rings. The van der Waals surface area contributed by atoms with Crippen molar-refractivity contribution in [3.63, 3.8) is 0 Å². The lowest BCUT2D eigenvalue weighted by molar-refractivity contribution is -0.350. The summed E-state index contributed by atoms with van der Waals surface area (Å²) in [5.74, 6) is -1.66. The number of benzene rings is 1. The number of esters is 2. The normalized spacial score (nSPS) is 41.1. The van der Waals surface area contributed by atoms with Crippen molar-refractivity contribution in [2.24, 2.45) is 16.7 Å². The van der Waals surface area contributed by atoms with E-state index in [2.05, 4.69) is 6.92 Å². The predicted octanol–water partition coefficient (Wildman–Crippen LogP) is 3.96. The molecule has 7 atom stereocenters. The Balaban J connectivity index is 1.72. The van der Waals surface area contributed by atoms with Crippen LogP contribution in [0.25, 0.3) is 0 Å². The molecule has 0 spiro atoms. The van der Waals surface area contributed by atoms with Gasteiger partial charge in [0.2, 0.25) is 0 Å². The van der Waals surface area contributed by atoms with Crippen molar-refractivity contribution in [1.29, 1.82) is 0 Å². The van der Waals surface area contributed by atoms with E-state index in [4.69, 9.17) is 14.2 Å². The molecule has 196 valence electrons. The maximum atomic E-state index is 13.5. The Labute approximate surface area is 212 Å². The second kappa shape index (κ2) is 8.40. The zero-order chi connectivity index (χ0) is 26.1. The molecule has 7 nitrogen and oxygen atoms in total. The lowest BCUT2D eigenvalue weighted by Gasteiger charge is -2.67. The first-order valence-corrected chi connectivity index (χ1v) is 13.0. The van der Waals surface area contributed by atoms with Gasteiger partial charge in [-0.2, -0.15) is 0 Å². The first-order chi connectivity index (χ1) is 16.9. The quantitative estimate of drug-likeness (QED) is 0.480. The van der Waals surface area contributed by atoms with Gasteiger partial charge in [-0.1, -0.05) is 50.1 Å². The van der Waals surface area contributed by atoms with Crippen molar-refractivity contribution in [1.82, 2.24) is 0 Å². The molecule has 1 unspecified atom stereocenters. The lowest BCUT2D eigenvalue weighted by Crippen LogP contribution is -2.79. The van der Waals surface area contributed by atoms with Gasteiger partial charge in [-0.3, -0.25) is 4.79 Å². The number of rotatable bonds is 3. The molecule has 1 aromatic carbocycles. The third-order valence-electron chi connectivity index (χ3n) is 9.99. The topological polar surface area (TPSA) is 102 Å². The van der Waals surface area contributed by atoms with E-state index in [0.717, 1.165) is 5.57 Å². The van der Waals surface area contributed by atoms with E-state index in [1.165, 1.54) is 12.5 Å². The molecule has 0 aromatic heterocycles. The van der Waals surface area contributed by atoms with Crippen molar-refractivity contribution in [2.45, 2.75) is 96.2 Å². The minimum absolute atomic E-state index is 0.141. The summed E-state index contributed by atoms with van der Waals surface area (Å²) in [7, 11) is 0. The van der Waals surface area contributed by atoms with Gasteiger partial charge < -0.3 is 24.4 Å². The summed E-state index contributed by atoms with van der Waals surface area (Å²) in [6.07, 6.45) is 0.369. The number of ether oxygens (including phenoxy) is 3. The molecular weight excluding hydrogens is 460 g/mol. The van der Waals surface area contributed by atoms with Crippen LogP contribution < -0.4 is 0 Å². The van der Waals surface area contributed by atoms with E-state index in [1.54, 1.807) is 24.3 Å². The number of hydrogen-bond donors (Lipinski definition) is 2. The fourth-order valence-electron chi connectivity index (χ4n) is 7.76. The third kappa shape index (κ3) is 3.42. The highest BCUT2D eigenvalue weighted by Gasteiger charge is 2.74. The monoisotopic (exact) mass is 498 g/mol. The highest BCUT2D eigenvalue weighted by molar-refractivity contribution is 5.89. The molecule has 1 aliphatic heterocycles. The molecule has 2 bridgehead atoms. The molecule has 36 heavy (non-hydrogen) atoms. The molecule has 2 N–H and O–H groups in total. The Morgan fingerprint density at radius 2 is 1.78 bits per heavy atom. The van der Waals surface area contributed by atoms with Crippen LogP contribution in [0.3, 0.4) is 0 Å². The molecule has 3 fully saturated rings. The van der Waals surface area contributed by atoms with Crippen LogP contribution in [-0.4, -0.2) is 58.3 Å². The first kappa shape index (κ1) is 25.4. The summed E-state index contributed by atoms with van der Waals surface area (Å²) < 4.78 is 18.3. The molecule has 7 heteroatoms. The highest BCUT2D eigenvalue weighted by atomic mass is 16.6. The average molecular weight is 499 g/mol. The van der Waals surface area contributed by atoms with Gasteiger partial charge in [0.15, 0.2) is 5.60 Å². The van der Waals surface area contributed by atoms with Gasteiger partial charge in [-0.15, -0.1) is 0 Å². The molecule has 2 saturated carbocycles. The second-order valence-electron chi connectivity index (χ2n) is 12.1. The first-order valence-electron chi connectivity index (χ1n) is 13.0. The van der Waals surface area contributed by atoms with Crippen molar-refractivity contribution >= 4 is 11.9 Å². The third-order valence-corrected chi connectivity index (χ3v) is 9.99. The standard InChI is InChI=1S/C29H38O7/c1-17-11-14-29(33)24(35-25(32)19-9-7-6-8-10-19)23-27(5,13-12-20(17)26(29,3)4)21(31)15-22-28(23,16-34-22)36-18(2)30/h6-10,21-24,31,33H,11-16H2,1-5H3/t21-,22+,23?,24-,27+,28-,29+/m0/s1. The highest BCUT2D eigenvalue weighted by Crippen LogP contribution is 2.64. The van der Waals surface area contributed by atoms with Crippen LogP contribution in [0, 0.1) is 16.7 Å². The van der Waals surface area contributed by atoms with E-state index in [9.17, 15) is 19.8 Å². The minimum atomic E-state index is -1.44.